The van der Waals surface area contributed by atoms with Crippen LogP contribution < -0.4 is 9.80 Å². The lowest BCUT2D eigenvalue weighted by Gasteiger charge is -2.13. The van der Waals surface area contributed by atoms with E-state index in [1.165, 1.54) is 0 Å². The summed E-state index contributed by atoms with van der Waals surface area (Å²) in [5, 5.41) is 1.22. The van der Waals surface area contributed by atoms with E-state index in [0.29, 0.717) is 45.9 Å². The number of carbonyl (C=O) groups is 2. The minimum Gasteiger partial charge on any atom is -0.303 e. The van der Waals surface area contributed by atoms with Gasteiger partial charge in [0.15, 0.2) is 0 Å². The summed E-state index contributed by atoms with van der Waals surface area (Å²) in [6.07, 6.45) is 3.42. The summed E-state index contributed by atoms with van der Waals surface area (Å²) >= 11 is 12.1. The van der Waals surface area contributed by atoms with Crippen molar-refractivity contribution < 1.29 is 9.59 Å². The maximum Gasteiger partial charge on any atom is 0.277 e. The lowest BCUT2D eigenvalue weighted by molar-refractivity contribution is -0.112. The van der Waals surface area contributed by atoms with Crippen LogP contribution in [-0.2, 0) is 9.59 Å². The molecule has 2 heterocycles. The van der Waals surface area contributed by atoms with Crippen LogP contribution in [0.15, 0.2) is 120 Å². The second kappa shape index (κ2) is 13.2. The maximum atomic E-state index is 12.6. The molecule has 4 aromatic carbocycles. The van der Waals surface area contributed by atoms with Crippen LogP contribution >= 0.6 is 23.2 Å². The highest BCUT2D eigenvalue weighted by atomic mass is 35.5. The minimum absolute atomic E-state index is 0.112. The van der Waals surface area contributed by atoms with Crippen molar-refractivity contribution in [2.24, 2.45) is 9.98 Å². The molecule has 0 radical (unpaired) electrons. The van der Waals surface area contributed by atoms with Crippen molar-refractivity contribution in [2.45, 2.75) is 13.8 Å². The number of para-hydroxylation sites is 2. The third-order valence-corrected chi connectivity index (χ3v) is 7.39. The molecule has 0 unspecified atom stereocenters. The van der Waals surface area contributed by atoms with Crippen LogP contribution in [0, 0.1) is 13.8 Å². The summed E-state index contributed by atoms with van der Waals surface area (Å²) in [6.45, 7) is 12.2. The molecule has 2 amide bonds. The number of fused-ring (bicyclic) bond motifs is 2. The largest absolute Gasteiger partial charge is 0.303 e. The maximum absolute atomic E-state index is 12.6. The van der Waals surface area contributed by atoms with Gasteiger partial charge in [-0.2, -0.15) is 0 Å². The average molecular weight is 622 g/mol. The molecule has 0 aromatic heterocycles. The number of anilines is 2. The van der Waals surface area contributed by atoms with Gasteiger partial charge in [0.25, 0.3) is 11.8 Å². The molecule has 0 bridgehead atoms. The monoisotopic (exact) mass is 620 g/mol. The zero-order chi connectivity index (χ0) is 31.4. The molecule has 4 aromatic rings. The van der Waals surface area contributed by atoms with Gasteiger partial charge in [0.2, 0.25) is 0 Å². The number of rotatable bonds is 6. The van der Waals surface area contributed by atoms with Crippen molar-refractivity contribution in [2.75, 3.05) is 22.9 Å². The van der Waals surface area contributed by atoms with Crippen molar-refractivity contribution in [3.05, 3.63) is 143 Å². The third kappa shape index (κ3) is 6.42. The molecule has 0 fully saturated rings. The van der Waals surface area contributed by atoms with E-state index < -0.39 is 0 Å². The van der Waals surface area contributed by atoms with Gasteiger partial charge in [0.05, 0.1) is 22.7 Å². The van der Waals surface area contributed by atoms with Crippen LogP contribution in [0.3, 0.4) is 0 Å². The summed E-state index contributed by atoms with van der Waals surface area (Å²) in [7, 11) is 0. The quantitative estimate of drug-likeness (QED) is 0.203. The number of aliphatic imine (C=N–C) groups is 2. The number of nitrogens with zero attached hydrogens (tertiary/aromatic N) is 4. The van der Waals surface area contributed by atoms with Gasteiger partial charge in [-0.3, -0.25) is 9.59 Å². The summed E-state index contributed by atoms with van der Waals surface area (Å²) in [4.78, 5) is 37.7. The number of benzene rings is 4. The molecule has 0 N–H and O–H groups in total. The second-order valence-corrected chi connectivity index (χ2v) is 11.2. The Balaban J connectivity index is 0.000000175. The molecule has 44 heavy (non-hydrogen) atoms. The second-order valence-electron chi connectivity index (χ2n) is 10.3. The minimum atomic E-state index is -0.112. The van der Waals surface area contributed by atoms with E-state index >= 15 is 0 Å². The van der Waals surface area contributed by atoms with Gasteiger partial charge >= 0.3 is 0 Å². The van der Waals surface area contributed by atoms with Gasteiger partial charge < -0.3 is 9.80 Å². The first-order valence-corrected chi connectivity index (χ1v) is 14.7. The Morgan fingerprint density at radius 3 is 1.39 bits per heavy atom. The Kier molecular flexibility index (Phi) is 9.23. The summed E-state index contributed by atoms with van der Waals surface area (Å²) < 4.78 is 0. The van der Waals surface area contributed by atoms with E-state index in [2.05, 4.69) is 23.1 Å². The van der Waals surface area contributed by atoms with Gasteiger partial charge in [-0.05, 0) is 73.5 Å². The molecule has 6 nitrogen and oxygen atoms in total. The standard InChI is InChI=1S/2C18H15ClN2O/c2*1-3-8-21-16-7-5-4-6-15(16)17(18(21)22)20-14-10-12(2)9-13(19)11-14/h2*3-7,9-11H,1,8H2,2H3. The van der Waals surface area contributed by atoms with Gasteiger partial charge in [-0.1, -0.05) is 71.8 Å². The molecule has 2 aliphatic rings. The zero-order valence-electron chi connectivity index (χ0n) is 24.4. The zero-order valence-corrected chi connectivity index (χ0v) is 25.9. The van der Waals surface area contributed by atoms with Gasteiger partial charge in [0.1, 0.15) is 11.4 Å². The number of halogens is 2. The summed E-state index contributed by atoms with van der Waals surface area (Å²) in [6, 6.07) is 26.3. The third-order valence-electron chi connectivity index (χ3n) is 6.95. The Morgan fingerprint density at radius 2 is 1.02 bits per heavy atom. The molecule has 8 heteroatoms. The predicted octanol–water partition coefficient (Wildman–Crippen LogP) is 8.60. The Bertz CT molecular complexity index is 1690. The topological polar surface area (TPSA) is 65.3 Å². The van der Waals surface area contributed by atoms with E-state index in [4.69, 9.17) is 23.2 Å². The number of hydrogen-bond acceptors (Lipinski definition) is 4. The summed E-state index contributed by atoms with van der Waals surface area (Å²) in [5.74, 6) is -0.225. The first-order valence-electron chi connectivity index (χ1n) is 14.0. The number of amides is 2. The molecule has 6 rings (SSSR count). The molecule has 0 atom stereocenters. The average Bonchev–Trinajstić information content (AvgIpc) is 3.39. The van der Waals surface area contributed by atoms with Gasteiger partial charge in [-0.25, -0.2) is 9.98 Å². The van der Waals surface area contributed by atoms with Crippen molar-refractivity contribution in [1.82, 2.24) is 0 Å². The number of carbonyl (C=O) groups excluding carboxylic acids is 2. The number of aryl methyl sites for hydroxylation is 2. The first kappa shape index (κ1) is 30.7. The lowest BCUT2D eigenvalue weighted by Crippen LogP contribution is -2.30. The molecule has 2 aliphatic heterocycles. The van der Waals surface area contributed by atoms with E-state index in [-0.39, 0.29) is 11.8 Å². The molecule has 0 saturated heterocycles. The normalized spacial score (nSPS) is 15.3. The Hall–Kier alpha value is -4.78. The van der Waals surface area contributed by atoms with Crippen LogP contribution in [0.4, 0.5) is 22.7 Å². The smallest absolute Gasteiger partial charge is 0.277 e. The molecular weight excluding hydrogens is 591 g/mol. The van der Waals surface area contributed by atoms with Gasteiger partial charge in [-0.15, -0.1) is 13.2 Å². The first-order chi connectivity index (χ1) is 21.2. The molecule has 0 spiro atoms. The van der Waals surface area contributed by atoms with E-state index in [9.17, 15) is 9.59 Å². The van der Waals surface area contributed by atoms with Crippen LogP contribution in [0.25, 0.3) is 0 Å². The number of hydrogen-bond donors (Lipinski definition) is 0. The van der Waals surface area contributed by atoms with Crippen molar-refractivity contribution >= 4 is 69.2 Å². The van der Waals surface area contributed by atoms with Crippen LogP contribution in [-0.4, -0.2) is 36.3 Å². The fourth-order valence-electron chi connectivity index (χ4n) is 5.18. The lowest BCUT2D eigenvalue weighted by atomic mass is 10.1. The van der Waals surface area contributed by atoms with E-state index in [1.807, 2.05) is 86.6 Å². The van der Waals surface area contributed by atoms with Gasteiger partial charge in [0, 0.05) is 34.3 Å². The fourth-order valence-corrected chi connectivity index (χ4v) is 5.75. The highest BCUT2D eigenvalue weighted by molar-refractivity contribution is 6.55. The van der Waals surface area contributed by atoms with Crippen LogP contribution in [0.5, 0.6) is 0 Å². The fraction of sp³-hybridized carbons (Fsp3) is 0.111. The highest BCUT2D eigenvalue weighted by Crippen LogP contribution is 2.33. The molecule has 220 valence electrons. The highest BCUT2D eigenvalue weighted by Gasteiger charge is 2.34. The predicted molar refractivity (Wildman–Crippen MR) is 183 cm³/mol. The van der Waals surface area contributed by atoms with Crippen molar-refractivity contribution in [3.8, 4) is 0 Å². The Labute approximate surface area is 267 Å². The Morgan fingerprint density at radius 1 is 0.636 bits per heavy atom. The molecule has 0 saturated carbocycles. The molecular formula is C36H30Cl2N4O2. The van der Waals surface area contributed by atoms with Crippen molar-refractivity contribution in [3.63, 3.8) is 0 Å². The SMILES string of the molecule is C=CCN1C(=O)C(=Nc2cc(C)cc(Cl)c2)c2ccccc21.C=CCN1C(=O)C(=Nc2cc(C)cc(Cl)c2)c2ccccc21. The van der Waals surface area contributed by atoms with E-state index in [0.717, 1.165) is 33.6 Å². The van der Waals surface area contributed by atoms with Crippen LogP contribution in [0.1, 0.15) is 22.3 Å². The summed E-state index contributed by atoms with van der Waals surface area (Å²) in [5.41, 5.74) is 7.68. The molecule has 0 aliphatic carbocycles. The van der Waals surface area contributed by atoms with Crippen LogP contribution in [0.2, 0.25) is 10.0 Å². The van der Waals surface area contributed by atoms with Crippen molar-refractivity contribution in [1.29, 1.82) is 0 Å². The van der Waals surface area contributed by atoms with E-state index in [1.54, 1.807) is 34.1 Å².